The first kappa shape index (κ1) is 15.6. The van der Waals surface area contributed by atoms with Crippen molar-refractivity contribution in [1.29, 1.82) is 0 Å². The van der Waals surface area contributed by atoms with Crippen LogP contribution in [0, 0.1) is 13.8 Å². The van der Waals surface area contributed by atoms with Gasteiger partial charge in [-0.25, -0.2) is 4.98 Å². The van der Waals surface area contributed by atoms with Crippen LogP contribution in [0.5, 0.6) is 0 Å². The third kappa shape index (κ3) is 3.10. The van der Waals surface area contributed by atoms with Crippen molar-refractivity contribution in [2.24, 2.45) is 0 Å². The van der Waals surface area contributed by atoms with E-state index in [1.54, 1.807) is 0 Å². The van der Waals surface area contributed by atoms with Gasteiger partial charge in [0.2, 0.25) is 11.0 Å². The molecule has 0 aliphatic heterocycles. The topological polar surface area (TPSA) is 72.2 Å². The van der Waals surface area contributed by atoms with E-state index in [9.17, 15) is 4.79 Å². The Hall–Kier alpha value is -2.28. The lowest BCUT2D eigenvalue weighted by molar-refractivity contribution is -0.115. The molecule has 120 valence electrons. The molecule has 0 atom stereocenters. The van der Waals surface area contributed by atoms with Crippen LogP contribution in [0.4, 0.5) is 5.13 Å². The van der Waals surface area contributed by atoms with Gasteiger partial charge in [0.25, 0.3) is 0 Å². The molecule has 0 saturated heterocycles. The average Bonchev–Trinajstić information content (AvgIpc) is 3.06. The number of hydrogen-bond donors (Lipinski definition) is 1. The number of fused-ring (bicyclic) bond motifs is 1. The van der Waals surface area contributed by atoms with E-state index in [1.165, 1.54) is 11.3 Å². The highest BCUT2D eigenvalue weighted by Gasteiger charge is 2.15. The van der Waals surface area contributed by atoms with Gasteiger partial charge in [0, 0.05) is 12.1 Å². The maximum absolute atomic E-state index is 12.3. The summed E-state index contributed by atoms with van der Waals surface area (Å²) in [5.41, 5.74) is 3.75. The zero-order valence-corrected chi connectivity index (χ0v) is 14.4. The predicted octanol–water partition coefficient (Wildman–Crippen LogP) is 3.11. The van der Waals surface area contributed by atoms with Gasteiger partial charge in [-0.2, -0.15) is 0 Å². The summed E-state index contributed by atoms with van der Waals surface area (Å²) < 4.78 is 1.98. The molecule has 0 aromatic carbocycles. The standard InChI is InChI=1S/C16H19N5OS/c1-9(2)15-19-20-16(23-15)18-13(22)8-12-11(4)17-14-10(3)6-5-7-21(12)14/h5-7,9H,8H2,1-4H3,(H,18,20,22). The number of hydrogen-bond acceptors (Lipinski definition) is 5. The van der Waals surface area contributed by atoms with Gasteiger partial charge >= 0.3 is 0 Å². The fraction of sp³-hybridized carbons (Fsp3) is 0.375. The predicted molar refractivity (Wildman–Crippen MR) is 91.0 cm³/mol. The summed E-state index contributed by atoms with van der Waals surface area (Å²) in [6.07, 6.45) is 2.19. The van der Waals surface area contributed by atoms with Gasteiger partial charge in [0.15, 0.2) is 0 Å². The summed E-state index contributed by atoms with van der Waals surface area (Å²) >= 11 is 1.42. The van der Waals surface area contributed by atoms with Gasteiger partial charge in [-0.15, -0.1) is 10.2 Å². The van der Waals surface area contributed by atoms with Crippen molar-refractivity contribution in [3.8, 4) is 0 Å². The fourth-order valence-electron chi connectivity index (χ4n) is 2.41. The second-order valence-corrected chi connectivity index (χ2v) is 6.86. The molecule has 0 saturated carbocycles. The molecule has 0 aliphatic carbocycles. The smallest absolute Gasteiger partial charge is 0.232 e. The number of nitrogens with one attached hydrogen (secondary N) is 1. The van der Waals surface area contributed by atoms with E-state index in [0.29, 0.717) is 11.0 Å². The summed E-state index contributed by atoms with van der Waals surface area (Å²) in [4.78, 5) is 16.9. The molecule has 3 aromatic heterocycles. The second kappa shape index (κ2) is 6.08. The van der Waals surface area contributed by atoms with Crippen molar-refractivity contribution < 1.29 is 4.79 Å². The molecule has 0 fully saturated rings. The van der Waals surface area contributed by atoms with E-state index in [4.69, 9.17) is 0 Å². The van der Waals surface area contributed by atoms with Gasteiger partial charge in [0.05, 0.1) is 17.8 Å². The highest BCUT2D eigenvalue weighted by atomic mass is 32.1. The maximum atomic E-state index is 12.3. The van der Waals surface area contributed by atoms with Gasteiger partial charge in [-0.05, 0) is 25.5 Å². The largest absolute Gasteiger partial charge is 0.303 e. The lowest BCUT2D eigenvalue weighted by Gasteiger charge is -2.04. The van der Waals surface area contributed by atoms with Crippen molar-refractivity contribution >= 4 is 28.0 Å². The molecule has 7 heteroatoms. The molecule has 6 nitrogen and oxygen atoms in total. The van der Waals surface area contributed by atoms with Crippen LogP contribution in [0.15, 0.2) is 18.3 Å². The van der Waals surface area contributed by atoms with Crippen molar-refractivity contribution in [2.45, 2.75) is 40.0 Å². The number of aromatic nitrogens is 4. The fourth-order valence-corrected chi connectivity index (χ4v) is 3.18. The molecular weight excluding hydrogens is 310 g/mol. The molecule has 0 aliphatic rings. The Kier molecular flexibility index (Phi) is 4.12. The van der Waals surface area contributed by atoms with Gasteiger partial charge < -0.3 is 9.72 Å². The first-order valence-electron chi connectivity index (χ1n) is 7.52. The van der Waals surface area contributed by atoms with E-state index in [2.05, 4.69) is 34.3 Å². The lowest BCUT2D eigenvalue weighted by Crippen LogP contribution is -2.16. The Morgan fingerprint density at radius 3 is 2.83 bits per heavy atom. The normalized spacial score (nSPS) is 11.3. The van der Waals surface area contributed by atoms with Crippen LogP contribution >= 0.6 is 11.3 Å². The number of aryl methyl sites for hydroxylation is 2. The third-order valence-electron chi connectivity index (χ3n) is 3.65. The molecule has 3 aromatic rings. The van der Waals surface area contributed by atoms with Crippen molar-refractivity contribution in [3.05, 3.63) is 40.3 Å². The van der Waals surface area contributed by atoms with Crippen LogP contribution in [0.3, 0.4) is 0 Å². The monoisotopic (exact) mass is 329 g/mol. The van der Waals surface area contributed by atoms with Crippen molar-refractivity contribution in [1.82, 2.24) is 19.6 Å². The van der Waals surface area contributed by atoms with Crippen LogP contribution in [0.25, 0.3) is 5.65 Å². The number of carbonyl (C=O) groups is 1. The van der Waals surface area contributed by atoms with Crippen LogP contribution in [0.2, 0.25) is 0 Å². The summed E-state index contributed by atoms with van der Waals surface area (Å²) in [5, 5.41) is 12.4. The number of amides is 1. The summed E-state index contributed by atoms with van der Waals surface area (Å²) in [7, 11) is 0. The lowest BCUT2D eigenvalue weighted by atomic mass is 10.2. The van der Waals surface area contributed by atoms with E-state index >= 15 is 0 Å². The molecule has 3 heterocycles. The molecule has 1 N–H and O–H groups in total. The number of anilines is 1. The second-order valence-electron chi connectivity index (χ2n) is 5.85. The Labute approximate surface area is 138 Å². The zero-order valence-electron chi connectivity index (χ0n) is 13.6. The van der Waals surface area contributed by atoms with Gasteiger partial charge in [0.1, 0.15) is 10.7 Å². The van der Waals surface area contributed by atoms with Gasteiger partial charge in [-0.1, -0.05) is 31.3 Å². The minimum absolute atomic E-state index is 0.108. The first-order valence-corrected chi connectivity index (χ1v) is 8.33. The Bertz CT molecular complexity index is 865. The Morgan fingerprint density at radius 1 is 1.35 bits per heavy atom. The summed E-state index contributed by atoms with van der Waals surface area (Å²) in [6.45, 7) is 8.05. The van der Waals surface area contributed by atoms with Crippen LogP contribution in [0.1, 0.15) is 41.7 Å². The van der Waals surface area contributed by atoms with Crippen molar-refractivity contribution in [2.75, 3.05) is 5.32 Å². The van der Waals surface area contributed by atoms with E-state index < -0.39 is 0 Å². The number of imidazole rings is 1. The molecule has 3 rings (SSSR count). The van der Waals surface area contributed by atoms with E-state index in [1.807, 2.05) is 36.6 Å². The highest BCUT2D eigenvalue weighted by molar-refractivity contribution is 7.15. The molecule has 1 amide bonds. The highest BCUT2D eigenvalue weighted by Crippen LogP contribution is 2.23. The number of pyridine rings is 1. The van der Waals surface area contributed by atoms with Crippen molar-refractivity contribution in [3.63, 3.8) is 0 Å². The minimum atomic E-state index is -0.108. The first-order chi connectivity index (χ1) is 11.0. The Balaban J connectivity index is 1.80. The summed E-state index contributed by atoms with van der Waals surface area (Å²) in [5.74, 6) is 0.199. The zero-order chi connectivity index (χ0) is 16.6. The average molecular weight is 329 g/mol. The molecule has 23 heavy (non-hydrogen) atoms. The molecule has 0 unspecified atom stereocenters. The van der Waals surface area contributed by atoms with E-state index in [-0.39, 0.29) is 12.3 Å². The van der Waals surface area contributed by atoms with Crippen LogP contribution < -0.4 is 5.32 Å². The molecule has 0 radical (unpaired) electrons. The van der Waals surface area contributed by atoms with E-state index in [0.717, 1.165) is 27.6 Å². The number of rotatable bonds is 4. The molecule has 0 spiro atoms. The van der Waals surface area contributed by atoms with Crippen LogP contribution in [-0.2, 0) is 11.2 Å². The minimum Gasteiger partial charge on any atom is -0.303 e. The van der Waals surface area contributed by atoms with Gasteiger partial charge in [-0.3, -0.25) is 4.79 Å². The quantitative estimate of drug-likeness (QED) is 0.798. The SMILES string of the molecule is Cc1nc2c(C)cccn2c1CC(=O)Nc1nnc(C(C)C)s1. The number of carbonyl (C=O) groups excluding carboxylic acids is 1. The molecule has 0 bridgehead atoms. The van der Waals surface area contributed by atoms with Crippen LogP contribution in [-0.4, -0.2) is 25.5 Å². The molecular formula is C16H19N5OS. The summed E-state index contributed by atoms with van der Waals surface area (Å²) in [6, 6.07) is 3.98. The number of nitrogens with zero attached hydrogens (tertiary/aromatic N) is 4. The maximum Gasteiger partial charge on any atom is 0.232 e. The third-order valence-corrected chi connectivity index (χ3v) is 4.79. The Morgan fingerprint density at radius 2 is 2.13 bits per heavy atom.